The Labute approximate surface area is 105 Å². The maximum absolute atomic E-state index is 10.1. The molecule has 7 nitrogen and oxygen atoms in total. The predicted octanol–water partition coefficient (Wildman–Crippen LogP) is 0.559. The molecule has 0 atom stereocenters. The molecule has 0 saturated heterocycles. The van der Waals surface area contributed by atoms with Crippen molar-refractivity contribution in [2.24, 2.45) is 0 Å². The number of amides is 1. The molecule has 0 aliphatic heterocycles. The zero-order chi connectivity index (χ0) is 13.4. The smallest absolute Gasteiger partial charge is 0.232 e. The van der Waals surface area contributed by atoms with E-state index in [1.807, 2.05) is 0 Å². The lowest BCUT2D eigenvalue weighted by Crippen LogP contribution is -2.24. The zero-order valence-electron chi connectivity index (χ0n) is 10.4. The van der Waals surface area contributed by atoms with Crippen LogP contribution in [0, 0.1) is 0 Å². The van der Waals surface area contributed by atoms with E-state index in [4.69, 9.17) is 9.47 Å². The summed E-state index contributed by atoms with van der Waals surface area (Å²) in [5, 5.41) is 11.7. The molecule has 100 valence electrons. The van der Waals surface area contributed by atoms with Crippen LogP contribution in [0.2, 0.25) is 0 Å². The Balaban J connectivity index is 2.21. The quantitative estimate of drug-likeness (QED) is 0.400. The lowest BCUT2D eigenvalue weighted by atomic mass is 10.4. The fourth-order valence-corrected chi connectivity index (χ4v) is 1.08. The Morgan fingerprint density at radius 1 is 1.39 bits per heavy atom. The minimum Gasteiger partial charge on any atom is -0.476 e. The van der Waals surface area contributed by atoms with Gasteiger partial charge in [-0.1, -0.05) is 0 Å². The van der Waals surface area contributed by atoms with Crippen LogP contribution in [0.3, 0.4) is 0 Å². The number of rotatable bonds is 8. The third-order valence-electron chi connectivity index (χ3n) is 1.83. The van der Waals surface area contributed by atoms with Crippen LogP contribution < -0.4 is 10.1 Å². The molecule has 1 amide bonds. The number of anilines is 1. The van der Waals surface area contributed by atoms with Gasteiger partial charge in [-0.25, -0.2) is 9.97 Å². The van der Waals surface area contributed by atoms with Gasteiger partial charge in [-0.15, -0.1) is 0 Å². The molecule has 0 bridgehead atoms. The van der Waals surface area contributed by atoms with E-state index < -0.39 is 5.79 Å². The summed E-state index contributed by atoms with van der Waals surface area (Å²) in [6.45, 7) is 3.93. The highest BCUT2D eigenvalue weighted by Gasteiger charge is 2.11. The SMILES string of the molecule is CC(C)(O)OCCCOc1cnc(NC=O)cn1. The summed E-state index contributed by atoms with van der Waals surface area (Å²) in [4.78, 5) is 18.0. The molecule has 1 aromatic rings. The number of carbonyl (C=O) groups is 1. The first kappa shape index (κ1) is 14.3. The molecule has 0 unspecified atom stereocenters. The standard InChI is InChI=1S/C11H17N3O4/c1-11(2,16)18-5-3-4-17-10-7-12-9(6-13-10)14-8-15/h6-8,16H,3-5H2,1-2H3,(H,12,14,15). The molecule has 0 spiro atoms. The van der Waals surface area contributed by atoms with E-state index in [2.05, 4.69) is 15.3 Å². The van der Waals surface area contributed by atoms with Crippen molar-refractivity contribution in [3.8, 4) is 5.88 Å². The highest BCUT2D eigenvalue weighted by atomic mass is 16.6. The van der Waals surface area contributed by atoms with Gasteiger partial charge < -0.3 is 19.9 Å². The van der Waals surface area contributed by atoms with Gasteiger partial charge in [-0.05, 0) is 13.8 Å². The van der Waals surface area contributed by atoms with Crippen molar-refractivity contribution in [2.45, 2.75) is 26.1 Å². The van der Waals surface area contributed by atoms with Crippen molar-refractivity contribution in [1.29, 1.82) is 0 Å². The molecular weight excluding hydrogens is 238 g/mol. The second-order valence-corrected chi connectivity index (χ2v) is 4.00. The van der Waals surface area contributed by atoms with Crippen LogP contribution in [0.4, 0.5) is 5.82 Å². The molecule has 1 aromatic heterocycles. The van der Waals surface area contributed by atoms with E-state index in [9.17, 15) is 9.90 Å². The van der Waals surface area contributed by atoms with Crippen molar-refractivity contribution >= 4 is 12.2 Å². The van der Waals surface area contributed by atoms with E-state index in [1.54, 1.807) is 13.8 Å². The molecule has 7 heteroatoms. The van der Waals surface area contributed by atoms with E-state index in [0.717, 1.165) is 0 Å². The van der Waals surface area contributed by atoms with Gasteiger partial charge >= 0.3 is 0 Å². The van der Waals surface area contributed by atoms with E-state index in [-0.39, 0.29) is 0 Å². The monoisotopic (exact) mass is 255 g/mol. The molecule has 0 fully saturated rings. The second kappa shape index (κ2) is 6.87. The maximum Gasteiger partial charge on any atom is 0.232 e. The van der Waals surface area contributed by atoms with Gasteiger partial charge in [0, 0.05) is 6.42 Å². The van der Waals surface area contributed by atoms with Crippen LogP contribution in [0.25, 0.3) is 0 Å². The van der Waals surface area contributed by atoms with E-state index >= 15 is 0 Å². The van der Waals surface area contributed by atoms with Gasteiger partial charge in [0.1, 0.15) is 0 Å². The summed E-state index contributed by atoms with van der Waals surface area (Å²) < 4.78 is 10.4. The Morgan fingerprint density at radius 3 is 2.72 bits per heavy atom. The number of carbonyl (C=O) groups excluding carboxylic acids is 1. The number of nitrogens with zero attached hydrogens (tertiary/aromatic N) is 2. The molecule has 0 aliphatic carbocycles. The summed E-state index contributed by atoms with van der Waals surface area (Å²) in [7, 11) is 0. The van der Waals surface area contributed by atoms with Crippen LogP contribution in [0.5, 0.6) is 5.88 Å². The zero-order valence-corrected chi connectivity index (χ0v) is 10.4. The lowest BCUT2D eigenvalue weighted by Gasteiger charge is -2.17. The summed E-state index contributed by atoms with van der Waals surface area (Å²) in [5.74, 6) is -0.389. The van der Waals surface area contributed by atoms with E-state index in [1.165, 1.54) is 12.4 Å². The van der Waals surface area contributed by atoms with E-state index in [0.29, 0.717) is 37.7 Å². The van der Waals surface area contributed by atoms with Crippen molar-refractivity contribution < 1.29 is 19.4 Å². The number of nitrogens with one attached hydrogen (secondary N) is 1. The number of aromatic nitrogens is 2. The maximum atomic E-state index is 10.1. The normalized spacial score (nSPS) is 11.1. The summed E-state index contributed by atoms with van der Waals surface area (Å²) in [6, 6.07) is 0. The third-order valence-corrected chi connectivity index (χ3v) is 1.83. The first-order valence-electron chi connectivity index (χ1n) is 5.52. The van der Waals surface area contributed by atoms with Gasteiger partial charge in [0.05, 0.1) is 25.6 Å². The van der Waals surface area contributed by atoms with Gasteiger partial charge in [-0.3, -0.25) is 4.79 Å². The van der Waals surface area contributed by atoms with Gasteiger partial charge in [0.15, 0.2) is 11.6 Å². The first-order valence-corrected chi connectivity index (χ1v) is 5.52. The molecule has 18 heavy (non-hydrogen) atoms. The van der Waals surface area contributed by atoms with Crippen molar-refractivity contribution in [3.63, 3.8) is 0 Å². The summed E-state index contributed by atoms with van der Waals surface area (Å²) >= 11 is 0. The Bertz CT molecular complexity index is 362. The number of hydrogen-bond acceptors (Lipinski definition) is 6. The molecule has 0 aliphatic rings. The minimum atomic E-state index is -1.12. The number of hydrogen-bond donors (Lipinski definition) is 2. The number of aliphatic hydroxyl groups is 1. The molecule has 0 aromatic carbocycles. The fourth-order valence-electron chi connectivity index (χ4n) is 1.08. The molecule has 1 heterocycles. The first-order chi connectivity index (χ1) is 8.51. The lowest BCUT2D eigenvalue weighted by molar-refractivity contribution is -0.176. The van der Waals surface area contributed by atoms with Gasteiger partial charge in [0.2, 0.25) is 12.3 Å². The van der Waals surface area contributed by atoms with Crippen molar-refractivity contribution in [3.05, 3.63) is 12.4 Å². The second-order valence-electron chi connectivity index (χ2n) is 4.00. The Hall–Kier alpha value is -1.73. The molecular formula is C11H17N3O4. The topological polar surface area (TPSA) is 93.6 Å². The van der Waals surface area contributed by atoms with Crippen LogP contribution in [0.15, 0.2) is 12.4 Å². The largest absolute Gasteiger partial charge is 0.476 e. The highest BCUT2D eigenvalue weighted by molar-refractivity contribution is 5.67. The predicted molar refractivity (Wildman–Crippen MR) is 64.1 cm³/mol. The molecule has 2 N–H and O–H groups in total. The average molecular weight is 255 g/mol. The third kappa shape index (κ3) is 6.12. The number of ether oxygens (including phenoxy) is 2. The molecule has 1 rings (SSSR count). The minimum absolute atomic E-state index is 0.364. The Kier molecular flexibility index (Phi) is 5.47. The average Bonchev–Trinajstić information content (AvgIpc) is 2.30. The molecule has 0 radical (unpaired) electrons. The van der Waals surface area contributed by atoms with Crippen LogP contribution in [0.1, 0.15) is 20.3 Å². The fraction of sp³-hybridized carbons (Fsp3) is 0.545. The molecule has 0 saturated carbocycles. The van der Waals surface area contributed by atoms with Crippen LogP contribution >= 0.6 is 0 Å². The van der Waals surface area contributed by atoms with Crippen LogP contribution in [-0.4, -0.2) is 40.5 Å². The summed E-state index contributed by atoms with van der Waals surface area (Å²) in [6.07, 6.45) is 3.97. The Morgan fingerprint density at radius 2 is 2.17 bits per heavy atom. The van der Waals surface area contributed by atoms with Crippen molar-refractivity contribution in [1.82, 2.24) is 9.97 Å². The van der Waals surface area contributed by atoms with Crippen molar-refractivity contribution in [2.75, 3.05) is 18.5 Å². The van der Waals surface area contributed by atoms with Gasteiger partial charge in [-0.2, -0.15) is 0 Å². The highest BCUT2D eigenvalue weighted by Crippen LogP contribution is 2.08. The van der Waals surface area contributed by atoms with Crippen LogP contribution in [-0.2, 0) is 9.53 Å². The van der Waals surface area contributed by atoms with Gasteiger partial charge in [0.25, 0.3) is 0 Å². The summed E-state index contributed by atoms with van der Waals surface area (Å²) in [5.41, 5.74) is 0.